The minimum absolute atomic E-state index is 0.636. The van der Waals surface area contributed by atoms with E-state index in [0.29, 0.717) is 5.92 Å². The second-order valence-electron chi connectivity index (χ2n) is 6.11. The predicted molar refractivity (Wildman–Crippen MR) is 95.6 cm³/mol. The Balaban J connectivity index is 1.95. The standard InChI is InChI=1S/C18H18N4S/c1-12(2)9-10-22-17(15-8-5-11-23-15)21-16-18(22)20-14-7-4-3-6-13(14)19-16/h3-8,11-12H,9-10H2,1-2H3. The van der Waals surface area contributed by atoms with Gasteiger partial charge in [0.25, 0.3) is 0 Å². The van der Waals surface area contributed by atoms with Gasteiger partial charge in [0, 0.05) is 6.54 Å². The summed E-state index contributed by atoms with van der Waals surface area (Å²) in [5, 5.41) is 2.08. The fraction of sp³-hybridized carbons (Fsp3) is 0.278. The molecule has 0 bridgehead atoms. The minimum Gasteiger partial charge on any atom is -0.307 e. The maximum absolute atomic E-state index is 4.83. The van der Waals surface area contributed by atoms with Gasteiger partial charge in [-0.05, 0) is 35.9 Å². The molecule has 23 heavy (non-hydrogen) atoms. The molecule has 1 aromatic carbocycles. The van der Waals surface area contributed by atoms with Gasteiger partial charge in [-0.3, -0.25) is 0 Å². The van der Waals surface area contributed by atoms with E-state index in [4.69, 9.17) is 15.0 Å². The first kappa shape index (κ1) is 14.3. The zero-order valence-corrected chi connectivity index (χ0v) is 14.0. The van der Waals surface area contributed by atoms with Crippen molar-refractivity contribution in [3.05, 3.63) is 41.8 Å². The molecule has 4 nitrogen and oxygen atoms in total. The zero-order chi connectivity index (χ0) is 15.8. The topological polar surface area (TPSA) is 43.6 Å². The lowest BCUT2D eigenvalue weighted by Crippen LogP contribution is -2.04. The molecule has 0 saturated heterocycles. The van der Waals surface area contributed by atoms with Crippen molar-refractivity contribution in [3.8, 4) is 10.7 Å². The third-order valence-corrected chi connectivity index (χ3v) is 4.80. The molecule has 0 aliphatic carbocycles. The van der Waals surface area contributed by atoms with Crippen LogP contribution in [0.4, 0.5) is 0 Å². The quantitative estimate of drug-likeness (QED) is 0.544. The largest absolute Gasteiger partial charge is 0.307 e. The Morgan fingerprint density at radius 3 is 2.48 bits per heavy atom. The first-order valence-corrected chi connectivity index (χ1v) is 8.77. The Bertz CT molecular complexity index is 954. The molecule has 116 valence electrons. The molecule has 0 aliphatic rings. The van der Waals surface area contributed by atoms with Crippen molar-refractivity contribution in [1.82, 2.24) is 19.5 Å². The Kier molecular flexibility index (Phi) is 3.58. The van der Waals surface area contributed by atoms with Crippen molar-refractivity contribution < 1.29 is 0 Å². The number of thiophene rings is 1. The highest BCUT2D eigenvalue weighted by molar-refractivity contribution is 7.13. The zero-order valence-electron chi connectivity index (χ0n) is 13.2. The summed E-state index contributed by atoms with van der Waals surface area (Å²) in [7, 11) is 0. The molecule has 0 fully saturated rings. The maximum atomic E-state index is 4.83. The molecular weight excluding hydrogens is 304 g/mol. The number of benzene rings is 1. The van der Waals surface area contributed by atoms with Gasteiger partial charge < -0.3 is 4.57 Å². The second-order valence-corrected chi connectivity index (χ2v) is 7.05. The Hall–Kier alpha value is -2.27. The molecule has 0 N–H and O–H groups in total. The van der Waals surface area contributed by atoms with Crippen molar-refractivity contribution in [3.63, 3.8) is 0 Å². The van der Waals surface area contributed by atoms with Crippen molar-refractivity contribution in [2.45, 2.75) is 26.8 Å². The van der Waals surface area contributed by atoms with Crippen LogP contribution in [-0.2, 0) is 6.54 Å². The number of hydrogen-bond acceptors (Lipinski definition) is 4. The van der Waals surface area contributed by atoms with Crippen molar-refractivity contribution >= 4 is 33.7 Å². The SMILES string of the molecule is CC(C)CCn1c(-c2cccs2)nc2nc3ccccc3nc21. The van der Waals surface area contributed by atoms with Crippen LogP contribution in [-0.4, -0.2) is 19.5 Å². The first-order chi connectivity index (χ1) is 11.2. The average Bonchev–Trinajstić information content (AvgIpc) is 3.18. The van der Waals surface area contributed by atoms with Gasteiger partial charge in [-0.1, -0.05) is 32.0 Å². The summed E-state index contributed by atoms with van der Waals surface area (Å²) in [6, 6.07) is 12.1. The van der Waals surface area contributed by atoms with Gasteiger partial charge in [0.1, 0.15) is 0 Å². The fourth-order valence-electron chi connectivity index (χ4n) is 2.69. The molecular formula is C18H18N4S. The smallest absolute Gasteiger partial charge is 0.198 e. The molecule has 4 rings (SSSR count). The molecule has 0 amide bonds. The summed E-state index contributed by atoms with van der Waals surface area (Å²) in [6.07, 6.45) is 1.10. The molecule has 4 aromatic rings. The fourth-order valence-corrected chi connectivity index (χ4v) is 3.41. The second kappa shape index (κ2) is 5.74. The molecule has 3 aromatic heterocycles. The highest BCUT2D eigenvalue weighted by atomic mass is 32.1. The van der Waals surface area contributed by atoms with Crippen LogP contribution in [0, 0.1) is 5.92 Å². The lowest BCUT2D eigenvalue weighted by atomic mass is 10.1. The molecule has 0 atom stereocenters. The maximum Gasteiger partial charge on any atom is 0.198 e. The molecule has 0 saturated carbocycles. The van der Waals surface area contributed by atoms with E-state index in [1.165, 1.54) is 0 Å². The van der Waals surface area contributed by atoms with E-state index in [-0.39, 0.29) is 0 Å². The Labute approximate surface area is 138 Å². The average molecular weight is 322 g/mol. The van der Waals surface area contributed by atoms with Crippen molar-refractivity contribution in [2.75, 3.05) is 0 Å². The Morgan fingerprint density at radius 1 is 1.00 bits per heavy atom. The van der Waals surface area contributed by atoms with Crippen LogP contribution in [0.2, 0.25) is 0 Å². The molecule has 0 radical (unpaired) electrons. The van der Waals surface area contributed by atoms with Crippen LogP contribution in [0.3, 0.4) is 0 Å². The summed E-state index contributed by atoms with van der Waals surface area (Å²) in [5.41, 5.74) is 3.43. The van der Waals surface area contributed by atoms with E-state index >= 15 is 0 Å². The predicted octanol–water partition coefficient (Wildman–Crippen LogP) is 4.75. The van der Waals surface area contributed by atoms with Gasteiger partial charge in [-0.15, -0.1) is 11.3 Å². The third kappa shape index (κ3) is 2.61. The Morgan fingerprint density at radius 2 is 1.78 bits per heavy atom. The van der Waals surface area contributed by atoms with E-state index in [1.54, 1.807) is 11.3 Å². The molecule has 3 heterocycles. The third-order valence-electron chi connectivity index (χ3n) is 3.93. The molecule has 5 heteroatoms. The number of aryl methyl sites for hydroxylation is 1. The first-order valence-electron chi connectivity index (χ1n) is 7.89. The molecule has 0 unspecified atom stereocenters. The minimum atomic E-state index is 0.636. The highest BCUT2D eigenvalue weighted by Crippen LogP contribution is 2.28. The van der Waals surface area contributed by atoms with E-state index in [0.717, 1.165) is 46.0 Å². The van der Waals surface area contributed by atoms with Crippen LogP contribution in [0.15, 0.2) is 41.8 Å². The summed E-state index contributed by atoms with van der Waals surface area (Å²) >= 11 is 1.71. The summed E-state index contributed by atoms with van der Waals surface area (Å²) < 4.78 is 2.22. The van der Waals surface area contributed by atoms with Crippen LogP contribution < -0.4 is 0 Å². The van der Waals surface area contributed by atoms with E-state index in [9.17, 15) is 0 Å². The van der Waals surface area contributed by atoms with Crippen LogP contribution in [0.5, 0.6) is 0 Å². The van der Waals surface area contributed by atoms with Gasteiger partial charge in [-0.25, -0.2) is 15.0 Å². The lowest BCUT2D eigenvalue weighted by molar-refractivity contribution is 0.524. The number of fused-ring (bicyclic) bond motifs is 2. The summed E-state index contributed by atoms with van der Waals surface area (Å²) in [5.74, 6) is 1.61. The van der Waals surface area contributed by atoms with E-state index in [2.05, 4.69) is 35.9 Å². The molecule has 0 spiro atoms. The van der Waals surface area contributed by atoms with Crippen LogP contribution >= 0.6 is 11.3 Å². The number of para-hydroxylation sites is 2. The van der Waals surface area contributed by atoms with Gasteiger partial charge in [0.15, 0.2) is 17.1 Å². The highest BCUT2D eigenvalue weighted by Gasteiger charge is 2.16. The van der Waals surface area contributed by atoms with Gasteiger partial charge in [0.2, 0.25) is 0 Å². The molecule has 0 aliphatic heterocycles. The van der Waals surface area contributed by atoms with Crippen molar-refractivity contribution in [1.29, 1.82) is 0 Å². The summed E-state index contributed by atoms with van der Waals surface area (Å²) in [6.45, 7) is 5.39. The van der Waals surface area contributed by atoms with Crippen LogP contribution in [0.25, 0.3) is 33.0 Å². The van der Waals surface area contributed by atoms with Crippen molar-refractivity contribution in [2.24, 2.45) is 5.92 Å². The van der Waals surface area contributed by atoms with Crippen LogP contribution in [0.1, 0.15) is 20.3 Å². The van der Waals surface area contributed by atoms with Gasteiger partial charge >= 0.3 is 0 Å². The number of imidazole rings is 1. The number of rotatable bonds is 4. The number of nitrogens with zero attached hydrogens (tertiary/aromatic N) is 4. The van der Waals surface area contributed by atoms with Gasteiger partial charge in [0.05, 0.1) is 15.9 Å². The summed E-state index contributed by atoms with van der Waals surface area (Å²) in [4.78, 5) is 15.5. The number of hydrogen-bond donors (Lipinski definition) is 0. The normalized spacial score (nSPS) is 11.8. The van der Waals surface area contributed by atoms with Gasteiger partial charge in [-0.2, -0.15) is 0 Å². The van der Waals surface area contributed by atoms with E-state index in [1.807, 2.05) is 24.3 Å². The monoisotopic (exact) mass is 322 g/mol. The lowest BCUT2D eigenvalue weighted by Gasteiger charge is -2.09. The number of aromatic nitrogens is 4. The van der Waals surface area contributed by atoms with E-state index < -0.39 is 0 Å².